The minimum Gasteiger partial charge on any atom is -0.331 e. The standard InChI is InChI=1S/C11H11IN2S/c1-6-4-10(6)14-9-3-2-7(12)5-8(9)13-11(14)15/h2-3,5-6,10H,4H2,1H3,(H,13,15). The van der Waals surface area contributed by atoms with Gasteiger partial charge in [-0.1, -0.05) is 6.92 Å². The van der Waals surface area contributed by atoms with Crippen molar-refractivity contribution < 1.29 is 0 Å². The lowest BCUT2D eigenvalue weighted by atomic mass is 10.3. The number of nitrogens with zero attached hydrogens (tertiary/aromatic N) is 1. The molecule has 3 rings (SSSR count). The lowest BCUT2D eigenvalue weighted by molar-refractivity contribution is 0.695. The van der Waals surface area contributed by atoms with Crippen molar-refractivity contribution in [2.75, 3.05) is 0 Å². The molecular weight excluding hydrogens is 319 g/mol. The van der Waals surface area contributed by atoms with Crippen LogP contribution in [0.1, 0.15) is 19.4 Å². The molecule has 0 amide bonds. The summed E-state index contributed by atoms with van der Waals surface area (Å²) in [7, 11) is 0. The van der Waals surface area contributed by atoms with Gasteiger partial charge in [-0.15, -0.1) is 0 Å². The molecule has 2 atom stereocenters. The van der Waals surface area contributed by atoms with Gasteiger partial charge in [-0.3, -0.25) is 0 Å². The topological polar surface area (TPSA) is 20.7 Å². The van der Waals surface area contributed by atoms with E-state index in [1.165, 1.54) is 15.5 Å². The maximum Gasteiger partial charge on any atom is 0.178 e. The maximum atomic E-state index is 5.37. The highest BCUT2D eigenvalue weighted by molar-refractivity contribution is 14.1. The van der Waals surface area contributed by atoms with Gasteiger partial charge in [0, 0.05) is 9.61 Å². The highest BCUT2D eigenvalue weighted by Gasteiger charge is 2.35. The van der Waals surface area contributed by atoms with Crippen LogP contribution in [0, 0.1) is 14.3 Å². The number of nitrogens with one attached hydrogen (secondary N) is 1. The molecule has 1 aliphatic rings. The molecular formula is C11H11IN2S. The van der Waals surface area contributed by atoms with E-state index in [1.54, 1.807) is 0 Å². The summed E-state index contributed by atoms with van der Waals surface area (Å²) >= 11 is 7.69. The van der Waals surface area contributed by atoms with Gasteiger partial charge < -0.3 is 9.55 Å². The van der Waals surface area contributed by atoms with Gasteiger partial charge in [0.05, 0.1) is 11.0 Å². The van der Waals surface area contributed by atoms with Crippen LogP contribution in [0.5, 0.6) is 0 Å². The zero-order chi connectivity index (χ0) is 10.6. The Labute approximate surface area is 107 Å². The fourth-order valence-electron chi connectivity index (χ4n) is 2.09. The molecule has 1 saturated carbocycles. The van der Waals surface area contributed by atoms with Crippen molar-refractivity contribution >= 4 is 45.8 Å². The van der Waals surface area contributed by atoms with Gasteiger partial charge in [-0.25, -0.2) is 0 Å². The Hall–Kier alpha value is -0.360. The predicted molar refractivity (Wildman–Crippen MR) is 72.7 cm³/mol. The van der Waals surface area contributed by atoms with Crippen LogP contribution in [-0.4, -0.2) is 9.55 Å². The zero-order valence-electron chi connectivity index (χ0n) is 8.33. The summed E-state index contributed by atoms with van der Waals surface area (Å²) in [6.07, 6.45) is 1.26. The molecule has 4 heteroatoms. The lowest BCUT2D eigenvalue weighted by Gasteiger charge is -2.01. The Bertz CT molecular complexity index is 584. The molecule has 1 aliphatic carbocycles. The summed E-state index contributed by atoms with van der Waals surface area (Å²) in [5.74, 6) is 0.773. The molecule has 0 bridgehead atoms. The Morgan fingerprint density at radius 3 is 2.93 bits per heavy atom. The van der Waals surface area contributed by atoms with Crippen LogP contribution >= 0.6 is 34.8 Å². The number of hydrogen-bond donors (Lipinski definition) is 1. The van der Waals surface area contributed by atoms with E-state index in [9.17, 15) is 0 Å². The van der Waals surface area contributed by atoms with E-state index >= 15 is 0 Å². The van der Waals surface area contributed by atoms with Crippen molar-refractivity contribution in [3.63, 3.8) is 0 Å². The van der Waals surface area contributed by atoms with Crippen LogP contribution in [0.15, 0.2) is 18.2 Å². The van der Waals surface area contributed by atoms with Gasteiger partial charge in [0.25, 0.3) is 0 Å². The molecule has 1 heterocycles. The fourth-order valence-corrected chi connectivity index (χ4v) is 2.93. The number of benzene rings is 1. The van der Waals surface area contributed by atoms with E-state index < -0.39 is 0 Å². The normalized spacial score (nSPS) is 24.7. The van der Waals surface area contributed by atoms with E-state index in [-0.39, 0.29) is 0 Å². The summed E-state index contributed by atoms with van der Waals surface area (Å²) in [6.45, 7) is 2.28. The van der Waals surface area contributed by atoms with Gasteiger partial charge in [0.2, 0.25) is 0 Å². The number of halogens is 1. The second kappa shape index (κ2) is 3.31. The number of aromatic amines is 1. The third-order valence-corrected chi connectivity index (χ3v) is 4.05. The van der Waals surface area contributed by atoms with Gasteiger partial charge >= 0.3 is 0 Å². The Balaban J connectivity index is 2.29. The summed E-state index contributed by atoms with van der Waals surface area (Å²) in [4.78, 5) is 3.28. The molecule has 0 aliphatic heterocycles. The van der Waals surface area contributed by atoms with Gasteiger partial charge in [-0.2, -0.15) is 0 Å². The molecule has 1 aromatic heterocycles. The van der Waals surface area contributed by atoms with Crippen molar-refractivity contribution in [3.05, 3.63) is 26.5 Å². The maximum absolute atomic E-state index is 5.37. The zero-order valence-corrected chi connectivity index (χ0v) is 11.3. The first kappa shape index (κ1) is 9.84. The van der Waals surface area contributed by atoms with Gasteiger partial charge in [0.15, 0.2) is 4.77 Å². The molecule has 1 aromatic carbocycles. The van der Waals surface area contributed by atoms with Crippen LogP contribution < -0.4 is 0 Å². The average Bonchev–Trinajstić information content (AvgIpc) is 2.77. The van der Waals surface area contributed by atoms with Crippen LogP contribution in [0.4, 0.5) is 0 Å². The van der Waals surface area contributed by atoms with Crippen molar-refractivity contribution in [1.82, 2.24) is 9.55 Å². The predicted octanol–water partition coefficient (Wildman–Crippen LogP) is 3.88. The molecule has 0 spiro atoms. The molecule has 2 aromatic rings. The Morgan fingerprint density at radius 2 is 2.27 bits per heavy atom. The van der Waals surface area contributed by atoms with Gasteiger partial charge in [0.1, 0.15) is 0 Å². The first-order chi connectivity index (χ1) is 7.16. The monoisotopic (exact) mass is 330 g/mol. The molecule has 2 nitrogen and oxygen atoms in total. The second-order valence-corrected chi connectivity index (χ2v) is 5.87. The van der Waals surface area contributed by atoms with E-state index in [2.05, 4.69) is 57.3 Å². The molecule has 0 saturated heterocycles. The van der Waals surface area contributed by atoms with E-state index in [1.807, 2.05) is 0 Å². The average molecular weight is 330 g/mol. The Morgan fingerprint density at radius 1 is 1.53 bits per heavy atom. The van der Waals surface area contributed by atoms with Crippen LogP contribution in [-0.2, 0) is 0 Å². The number of fused-ring (bicyclic) bond motifs is 1. The van der Waals surface area contributed by atoms with Crippen LogP contribution in [0.3, 0.4) is 0 Å². The van der Waals surface area contributed by atoms with E-state index in [0.29, 0.717) is 6.04 Å². The highest BCUT2D eigenvalue weighted by Crippen LogP contribution is 2.44. The first-order valence-corrected chi connectivity index (χ1v) is 6.55. The molecule has 0 radical (unpaired) electrons. The highest BCUT2D eigenvalue weighted by atomic mass is 127. The SMILES string of the molecule is CC1CC1n1c(=S)[nH]c2cc(I)ccc21. The number of aromatic nitrogens is 2. The number of hydrogen-bond acceptors (Lipinski definition) is 1. The first-order valence-electron chi connectivity index (χ1n) is 5.06. The molecule has 1 N–H and O–H groups in total. The number of imidazole rings is 1. The summed E-state index contributed by atoms with van der Waals surface area (Å²) in [6, 6.07) is 7.06. The van der Waals surface area contributed by atoms with Crippen molar-refractivity contribution in [2.45, 2.75) is 19.4 Å². The quantitative estimate of drug-likeness (QED) is 0.622. The summed E-state index contributed by atoms with van der Waals surface area (Å²) < 4.78 is 4.37. The molecule has 1 fully saturated rings. The third-order valence-electron chi connectivity index (χ3n) is 3.08. The minimum absolute atomic E-state index is 0.617. The Kier molecular flexibility index (Phi) is 2.17. The van der Waals surface area contributed by atoms with Crippen molar-refractivity contribution in [2.24, 2.45) is 5.92 Å². The molecule has 2 unspecified atom stereocenters. The molecule has 15 heavy (non-hydrogen) atoms. The van der Waals surface area contributed by atoms with Crippen LogP contribution in [0.25, 0.3) is 11.0 Å². The lowest BCUT2D eigenvalue weighted by Crippen LogP contribution is -1.94. The fraction of sp³-hybridized carbons (Fsp3) is 0.364. The summed E-state index contributed by atoms with van der Waals surface area (Å²) in [5, 5.41) is 0. The largest absolute Gasteiger partial charge is 0.331 e. The minimum atomic E-state index is 0.617. The summed E-state index contributed by atoms with van der Waals surface area (Å²) in [5.41, 5.74) is 2.40. The van der Waals surface area contributed by atoms with Crippen molar-refractivity contribution in [1.29, 1.82) is 0 Å². The second-order valence-electron chi connectivity index (χ2n) is 4.24. The number of rotatable bonds is 1. The third kappa shape index (κ3) is 1.54. The smallest absolute Gasteiger partial charge is 0.178 e. The van der Waals surface area contributed by atoms with Gasteiger partial charge in [-0.05, 0) is 65.3 Å². The van der Waals surface area contributed by atoms with Crippen molar-refractivity contribution in [3.8, 4) is 0 Å². The number of H-pyrrole nitrogens is 1. The molecule has 78 valence electrons. The van der Waals surface area contributed by atoms with E-state index in [4.69, 9.17) is 12.2 Å². The van der Waals surface area contributed by atoms with E-state index in [0.717, 1.165) is 16.2 Å². The van der Waals surface area contributed by atoms with Crippen LogP contribution in [0.2, 0.25) is 0 Å².